The fraction of sp³-hybridized carbons (Fsp3) is 0.407. The Morgan fingerprint density at radius 2 is 2.03 bits per heavy atom. The Hall–Kier alpha value is -3.93. The van der Waals surface area contributed by atoms with Crippen molar-refractivity contribution >= 4 is 17.6 Å². The molecule has 36 heavy (non-hydrogen) atoms. The monoisotopic (exact) mass is 492 g/mol. The number of amides is 1. The van der Waals surface area contributed by atoms with E-state index in [0.29, 0.717) is 12.3 Å². The number of hydrogen-bond donors (Lipinski definition) is 3. The molecule has 1 aromatic heterocycles. The van der Waals surface area contributed by atoms with Gasteiger partial charge in [-0.25, -0.2) is 14.2 Å². The number of aryl methyl sites for hydroxylation is 1. The van der Waals surface area contributed by atoms with Crippen molar-refractivity contribution in [3.63, 3.8) is 0 Å². The molecule has 1 unspecified atom stereocenters. The van der Waals surface area contributed by atoms with Gasteiger partial charge < -0.3 is 20.7 Å². The van der Waals surface area contributed by atoms with Crippen LogP contribution >= 0.6 is 0 Å². The largest absolute Gasteiger partial charge is 0.444 e. The smallest absolute Gasteiger partial charge is 0.407 e. The maximum Gasteiger partial charge on any atom is 0.407 e. The predicted molar refractivity (Wildman–Crippen MR) is 138 cm³/mol. The van der Waals surface area contributed by atoms with Crippen LogP contribution in [0, 0.1) is 17.2 Å². The van der Waals surface area contributed by atoms with Crippen molar-refractivity contribution < 1.29 is 13.9 Å². The first-order chi connectivity index (χ1) is 17.2. The normalized spacial score (nSPS) is 16.4. The summed E-state index contributed by atoms with van der Waals surface area (Å²) in [6.07, 6.45) is 2.29. The summed E-state index contributed by atoms with van der Waals surface area (Å²) in [5, 5.41) is 18.7. The van der Waals surface area contributed by atoms with Gasteiger partial charge in [-0.05, 0) is 51.3 Å². The summed E-state index contributed by atoms with van der Waals surface area (Å²) in [6, 6.07) is 15.1. The van der Waals surface area contributed by atoms with E-state index in [0.717, 1.165) is 23.4 Å². The number of nitrogens with one attached hydrogen (secondary N) is 3. The van der Waals surface area contributed by atoms with Gasteiger partial charge in [-0.1, -0.05) is 37.3 Å². The molecule has 1 aliphatic heterocycles. The van der Waals surface area contributed by atoms with Crippen molar-refractivity contribution in [2.24, 2.45) is 10.9 Å². The highest BCUT2D eigenvalue weighted by molar-refractivity contribution is 6.00. The SMILES string of the molecule is CCc1cc(NC2=NC(N[C@@H](CNC(=O)OC(C)(C)C)Cc3ccccc3)=C(F)CC2C#N)ccn1. The summed E-state index contributed by atoms with van der Waals surface area (Å²) in [5.74, 6) is -0.860. The van der Waals surface area contributed by atoms with Crippen LogP contribution in [0.4, 0.5) is 14.9 Å². The number of rotatable bonds is 8. The first-order valence-electron chi connectivity index (χ1n) is 12.0. The molecule has 0 radical (unpaired) electrons. The van der Waals surface area contributed by atoms with Gasteiger partial charge in [0.1, 0.15) is 23.2 Å². The van der Waals surface area contributed by atoms with Crippen LogP contribution in [0.1, 0.15) is 45.4 Å². The van der Waals surface area contributed by atoms with Crippen LogP contribution in [0.5, 0.6) is 0 Å². The Bertz CT molecular complexity index is 1150. The molecule has 0 aliphatic carbocycles. The second kappa shape index (κ2) is 12.2. The van der Waals surface area contributed by atoms with E-state index in [1.165, 1.54) is 0 Å². The van der Waals surface area contributed by atoms with Crippen LogP contribution in [-0.4, -0.2) is 35.1 Å². The minimum atomic E-state index is -0.749. The van der Waals surface area contributed by atoms with Gasteiger partial charge in [-0.15, -0.1) is 0 Å². The number of carbonyl (C=O) groups is 1. The van der Waals surface area contributed by atoms with Crippen LogP contribution in [0.3, 0.4) is 0 Å². The molecule has 0 saturated heterocycles. The highest BCUT2D eigenvalue weighted by Gasteiger charge is 2.27. The van der Waals surface area contributed by atoms with Crippen molar-refractivity contribution in [2.75, 3.05) is 11.9 Å². The summed E-state index contributed by atoms with van der Waals surface area (Å²) in [7, 11) is 0. The van der Waals surface area contributed by atoms with E-state index < -0.39 is 23.4 Å². The van der Waals surface area contributed by atoms with Crippen LogP contribution < -0.4 is 16.0 Å². The maximum atomic E-state index is 15.0. The summed E-state index contributed by atoms with van der Waals surface area (Å²) in [5.41, 5.74) is 2.00. The Balaban J connectivity index is 1.80. The van der Waals surface area contributed by atoms with E-state index in [4.69, 9.17) is 4.74 Å². The molecular weight excluding hydrogens is 459 g/mol. The number of carbonyl (C=O) groups excluding carboxylic acids is 1. The quantitative estimate of drug-likeness (QED) is 0.485. The number of nitrogens with zero attached hydrogens (tertiary/aromatic N) is 3. The number of aliphatic imine (C=N–C) groups is 1. The molecule has 1 aliphatic rings. The van der Waals surface area contributed by atoms with Crippen LogP contribution in [-0.2, 0) is 17.6 Å². The molecule has 1 aromatic carbocycles. The second-order valence-electron chi connectivity index (χ2n) is 9.56. The van der Waals surface area contributed by atoms with Crippen LogP contribution in [0.25, 0.3) is 0 Å². The number of halogens is 1. The topological polar surface area (TPSA) is 111 Å². The number of pyridine rings is 1. The van der Waals surface area contributed by atoms with Gasteiger partial charge in [0.25, 0.3) is 0 Å². The Kier molecular flexibility index (Phi) is 9.01. The Morgan fingerprint density at radius 1 is 1.28 bits per heavy atom. The lowest BCUT2D eigenvalue weighted by Gasteiger charge is -2.26. The minimum Gasteiger partial charge on any atom is -0.444 e. The van der Waals surface area contributed by atoms with Gasteiger partial charge in [0.05, 0.1) is 6.07 Å². The number of allylic oxidation sites excluding steroid dienone is 1. The summed E-state index contributed by atoms with van der Waals surface area (Å²) < 4.78 is 20.4. The standard InChI is InChI=1S/C27H33FN6O2/c1-5-20-15-21(11-12-30-20)32-24-19(16-29)14-23(28)25(34-24)33-22(13-18-9-7-6-8-10-18)17-31-26(35)36-27(2,3)4/h6-12,15,19,22,33H,5,13-14,17H2,1-4H3,(H,31,35)(H,30,32,34)/t19?,22-/m1/s1. The fourth-order valence-corrected chi connectivity index (χ4v) is 3.65. The highest BCUT2D eigenvalue weighted by Crippen LogP contribution is 2.25. The molecule has 0 fully saturated rings. The number of alkyl carbamates (subject to hydrolysis) is 1. The third kappa shape index (κ3) is 8.08. The molecule has 1 amide bonds. The average Bonchev–Trinajstić information content (AvgIpc) is 2.84. The molecule has 0 bridgehead atoms. The summed E-state index contributed by atoms with van der Waals surface area (Å²) >= 11 is 0. The second-order valence-corrected chi connectivity index (χ2v) is 9.56. The van der Waals surface area contributed by atoms with Gasteiger partial charge in [0.2, 0.25) is 0 Å². The van der Waals surface area contributed by atoms with Crippen molar-refractivity contribution in [3.8, 4) is 6.07 Å². The molecule has 0 spiro atoms. The van der Waals surface area contributed by atoms with Crippen molar-refractivity contribution in [2.45, 2.75) is 58.6 Å². The molecule has 2 atom stereocenters. The molecular formula is C27H33FN6O2. The van der Waals surface area contributed by atoms with E-state index in [9.17, 15) is 10.1 Å². The molecule has 3 N–H and O–H groups in total. The van der Waals surface area contributed by atoms with E-state index in [-0.39, 0.29) is 24.8 Å². The molecule has 8 nitrogen and oxygen atoms in total. The third-order valence-electron chi connectivity index (χ3n) is 5.37. The van der Waals surface area contributed by atoms with E-state index in [1.807, 2.05) is 43.3 Å². The summed E-state index contributed by atoms with van der Waals surface area (Å²) in [6.45, 7) is 7.55. The fourth-order valence-electron chi connectivity index (χ4n) is 3.65. The molecule has 2 aromatic rings. The minimum absolute atomic E-state index is 0.0423. The van der Waals surface area contributed by atoms with Gasteiger partial charge in [-0.2, -0.15) is 5.26 Å². The Morgan fingerprint density at radius 3 is 2.69 bits per heavy atom. The zero-order valence-electron chi connectivity index (χ0n) is 21.1. The highest BCUT2D eigenvalue weighted by atomic mass is 19.1. The number of nitriles is 1. The molecule has 0 saturated carbocycles. The van der Waals surface area contributed by atoms with Crippen molar-refractivity contribution in [3.05, 3.63) is 71.6 Å². The number of aromatic nitrogens is 1. The molecule has 3 rings (SSSR count). The maximum absolute atomic E-state index is 15.0. The Labute approximate surface area is 211 Å². The van der Waals surface area contributed by atoms with Crippen LogP contribution in [0.2, 0.25) is 0 Å². The first kappa shape index (κ1) is 26.7. The lowest BCUT2D eigenvalue weighted by Crippen LogP contribution is -2.44. The number of benzene rings is 1. The lowest BCUT2D eigenvalue weighted by molar-refractivity contribution is 0.0523. The van der Waals surface area contributed by atoms with E-state index in [1.54, 1.807) is 33.0 Å². The van der Waals surface area contributed by atoms with Gasteiger partial charge in [-0.3, -0.25) is 4.98 Å². The molecule has 2 heterocycles. The van der Waals surface area contributed by atoms with Gasteiger partial charge >= 0.3 is 6.09 Å². The van der Waals surface area contributed by atoms with E-state index >= 15 is 4.39 Å². The number of amidine groups is 1. The lowest BCUT2D eigenvalue weighted by atomic mass is 10.0. The average molecular weight is 493 g/mol. The zero-order chi connectivity index (χ0) is 26.1. The van der Waals surface area contributed by atoms with Gasteiger partial charge in [0, 0.05) is 36.6 Å². The third-order valence-corrected chi connectivity index (χ3v) is 5.37. The van der Waals surface area contributed by atoms with Crippen molar-refractivity contribution in [1.29, 1.82) is 5.26 Å². The number of hydrogen-bond acceptors (Lipinski definition) is 7. The van der Waals surface area contributed by atoms with Crippen LogP contribution in [0.15, 0.2) is 65.3 Å². The summed E-state index contributed by atoms with van der Waals surface area (Å²) in [4.78, 5) is 21.0. The number of ether oxygens (including phenoxy) is 1. The van der Waals surface area contributed by atoms with E-state index in [2.05, 4.69) is 32.0 Å². The van der Waals surface area contributed by atoms with Gasteiger partial charge in [0.15, 0.2) is 5.82 Å². The molecule has 190 valence electrons. The first-order valence-corrected chi connectivity index (χ1v) is 12.0. The number of anilines is 1. The predicted octanol–water partition coefficient (Wildman–Crippen LogP) is 4.86. The molecule has 9 heteroatoms. The zero-order valence-corrected chi connectivity index (χ0v) is 21.1. The van der Waals surface area contributed by atoms with Crippen molar-refractivity contribution in [1.82, 2.24) is 15.6 Å².